The maximum Gasteiger partial charge on any atom is 0.0426 e. The first kappa shape index (κ1) is 13.3. The van der Waals surface area contributed by atoms with Gasteiger partial charge in [-0.15, -0.1) is 0 Å². The normalized spacial score (nSPS) is 9.36. The van der Waals surface area contributed by atoms with Crippen LogP contribution in [-0.4, -0.2) is 7.05 Å². The van der Waals surface area contributed by atoms with E-state index in [2.05, 4.69) is 25.2 Å². The topological polar surface area (TPSA) is 12.0 Å². The number of halogens is 1. The summed E-state index contributed by atoms with van der Waals surface area (Å²) in [5, 5.41) is 3.91. The van der Waals surface area contributed by atoms with E-state index in [9.17, 15) is 0 Å². The summed E-state index contributed by atoms with van der Waals surface area (Å²) in [5.41, 5.74) is 2.43. The highest BCUT2D eigenvalue weighted by atomic mass is 35.5. The molecule has 0 amide bonds. The third-order valence-electron chi connectivity index (χ3n) is 1.91. The number of nitrogens with one attached hydrogen (secondary N) is 1. The van der Waals surface area contributed by atoms with E-state index < -0.39 is 0 Å². The predicted molar refractivity (Wildman–Crippen MR) is 66.4 cm³/mol. The second-order valence-electron chi connectivity index (χ2n) is 3.14. The Bertz CT molecular complexity index is 269. The molecule has 0 saturated heterocycles. The van der Waals surface area contributed by atoms with Gasteiger partial charge in [-0.05, 0) is 23.6 Å². The van der Waals surface area contributed by atoms with Gasteiger partial charge in [0.1, 0.15) is 0 Å². The number of rotatable bonds is 2. The number of hydrogen-bond donors (Lipinski definition) is 1. The Morgan fingerprint density at radius 2 is 1.79 bits per heavy atom. The molecule has 0 bridgehead atoms. The monoisotopic (exact) mass is 213 g/mol. The van der Waals surface area contributed by atoms with Gasteiger partial charge in [-0.25, -0.2) is 0 Å². The molecule has 1 N–H and O–H groups in total. The highest BCUT2D eigenvalue weighted by molar-refractivity contribution is 6.30. The first-order valence-electron chi connectivity index (χ1n) is 5.12. The Kier molecular flexibility index (Phi) is 6.39. The molecular formula is C12H20ClN. The molecule has 1 nitrogen and oxygen atoms in total. The fourth-order valence-corrected chi connectivity index (χ4v) is 1.42. The summed E-state index contributed by atoms with van der Waals surface area (Å²) in [6.45, 7) is 8.34. The molecule has 2 heteroatoms. The van der Waals surface area contributed by atoms with Crippen molar-refractivity contribution >= 4 is 17.3 Å². The first-order valence-corrected chi connectivity index (χ1v) is 5.50. The van der Waals surface area contributed by atoms with Gasteiger partial charge < -0.3 is 5.32 Å². The lowest BCUT2D eigenvalue weighted by Gasteiger charge is -2.12. The Hall–Kier alpha value is -0.690. The van der Waals surface area contributed by atoms with E-state index in [1.54, 1.807) is 0 Å². The molecule has 14 heavy (non-hydrogen) atoms. The summed E-state index contributed by atoms with van der Waals surface area (Å²) in [6.07, 6.45) is 0. The molecule has 0 unspecified atom stereocenters. The highest BCUT2D eigenvalue weighted by Crippen LogP contribution is 2.26. The van der Waals surface area contributed by atoms with Crippen LogP contribution in [0.2, 0.25) is 5.02 Å². The number of hydrogen-bond acceptors (Lipinski definition) is 1. The van der Waals surface area contributed by atoms with Gasteiger partial charge in [0.05, 0.1) is 0 Å². The molecule has 0 atom stereocenters. The van der Waals surface area contributed by atoms with Crippen LogP contribution < -0.4 is 5.32 Å². The zero-order valence-corrected chi connectivity index (χ0v) is 10.4. The van der Waals surface area contributed by atoms with Gasteiger partial charge in [0, 0.05) is 17.8 Å². The highest BCUT2D eigenvalue weighted by Gasteiger charge is 2.04. The average Bonchev–Trinajstić information content (AvgIpc) is 2.20. The van der Waals surface area contributed by atoms with E-state index >= 15 is 0 Å². The molecule has 0 aliphatic heterocycles. The van der Waals surface area contributed by atoms with Gasteiger partial charge >= 0.3 is 0 Å². The van der Waals surface area contributed by atoms with Crippen molar-refractivity contribution < 1.29 is 0 Å². The van der Waals surface area contributed by atoms with Crippen molar-refractivity contribution in [1.82, 2.24) is 0 Å². The van der Waals surface area contributed by atoms with Gasteiger partial charge in [0.15, 0.2) is 0 Å². The Balaban J connectivity index is 0.000000791. The van der Waals surface area contributed by atoms with Gasteiger partial charge in [-0.3, -0.25) is 0 Å². The summed E-state index contributed by atoms with van der Waals surface area (Å²) in [7, 11) is 1.91. The second-order valence-corrected chi connectivity index (χ2v) is 3.57. The molecule has 0 radical (unpaired) electrons. The number of benzene rings is 1. The van der Waals surface area contributed by atoms with E-state index in [-0.39, 0.29) is 0 Å². The molecule has 0 fully saturated rings. The van der Waals surface area contributed by atoms with Crippen LogP contribution in [0.5, 0.6) is 0 Å². The SMILES string of the molecule is CC.CNc1cc(Cl)ccc1C(C)C. The van der Waals surface area contributed by atoms with Crippen molar-refractivity contribution in [2.24, 2.45) is 0 Å². The molecular weight excluding hydrogens is 194 g/mol. The lowest BCUT2D eigenvalue weighted by molar-refractivity contribution is 0.868. The minimum absolute atomic E-state index is 0.532. The standard InChI is InChI=1S/C10H14ClN.C2H6/c1-7(2)9-5-4-8(11)6-10(9)12-3;1-2/h4-7,12H,1-3H3;1-2H3. The fraction of sp³-hybridized carbons (Fsp3) is 0.500. The molecule has 1 rings (SSSR count). The molecule has 80 valence electrons. The fourth-order valence-electron chi connectivity index (χ4n) is 1.25. The van der Waals surface area contributed by atoms with Crippen molar-refractivity contribution in [2.75, 3.05) is 12.4 Å². The minimum atomic E-state index is 0.532. The van der Waals surface area contributed by atoms with Gasteiger partial charge in [-0.1, -0.05) is 45.4 Å². The van der Waals surface area contributed by atoms with Crippen LogP contribution >= 0.6 is 11.6 Å². The minimum Gasteiger partial charge on any atom is -0.388 e. The zero-order chi connectivity index (χ0) is 11.1. The predicted octanol–water partition coefficient (Wildman–Crippen LogP) is 4.53. The second kappa shape index (κ2) is 6.72. The molecule has 1 aromatic rings. The summed E-state index contributed by atoms with van der Waals surface area (Å²) < 4.78 is 0. The zero-order valence-electron chi connectivity index (χ0n) is 9.69. The van der Waals surface area contributed by atoms with Gasteiger partial charge in [0.25, 0.3) is 0 Å². The maximum absolute atomic E-state index is 5.86. The smallest absolute Gasteiger partial charge is 0.0426 e. The van der Waals surface area contributed by atoms with Crippen molar-refractivity contribution in [3.63, 3.8) is 0 Å². The lowest BCUT2D eigenvalue weighted by atomic mass is 10.0. The van der Waals surface area contributed by atoms with E-state index in [1.165, 1.54) is 5.56 Å². The van der Waals surface area contributed by atoms with Crippen molar-refractivity contribution in [3.05, 3.63) is 28.8 Å². The van der Waals surface area contributed by atoms with Crippen molar-refractivity contribution in [3.8, 4) is 0 Å². The third-order valence-corrected chi connectivity index (χ3v) is 2.14. The van der Waals surface area contributed by atoms with Crippen LogP contribution in [0.3, 0.4) is 0 Å². The largest absolute Gasteiger partial charge is 0.388 e. The summed E-state index contributed by atoms with van der Waals surface area (Å²) >= 11 is 5.86. The quantitative estimate of drug-likeness (QED) is 0.761. The summed E-state index contributed by atoms with van der Waals surface area (Å²) in [6, 6.07) is 5.95. The van der Waals surface area contributed by atoms with Crippen molar-refractivity contribution in [1.29, 1.82) is 0 Å². The Morgan fingerprint density at radius 1 is 1.21 bits per heavy atom. The maximum atomic E-state index is 5.86. The first-order chi connectivity index (χ1) is 6.65. The van der Waals surface area contributed by atoms with E-state index in [0.717, 1.165) is 10.7 Å². The lowest BCUT2D eigenvalue weighted by Crippen LogP contribution is -1.96. The molecule has 0 aliphatic carbocycles. The molecule has 0 saturated carbocycles. The molecule has 0 spiro atoms. The van der Waals surface area contributed by atoms with Crippen LogP contribution in [0.4, 0.5) is 5.69 Å². The van der Waals surface area contributed by atoms with Crippen LogP contribution in [-0.2, 0) is 0 Å². The van der Waals surface area contributed by atoms with E-state index in [4.69, 9.17) is 11.6 Å². The Labute approximate surface area is 92.5 Å². The Morgan fingerprint density at radius 3 is 2.21 bits per heavy atom. The van der Waals surface area contributed by atoms with Crippen LogP contribution in [0.1, 0.15) is 39.2 Å². The number of anilines is 1. The van der Waals surface area contributed by atoms with Crippen molar-refractivity contribution in [2.45, 2.75) is 33.6 Å². The third kappa shape index (κ3) is 3.59. The molecule has 0 aromatic heterocycles. The summed E-state index contributed by atoms with van der Waals surface area (Å²) in [4.78, 5) is 0. The molecule has 0 aliphatic rings. The van der Waals surface area contributed by atoms with Crippen LogP contribution in [0.15, 0.2) is 18.2 Å². The summed E-state index contributed by atoms with van der Waals surface area (Å²) in [5.74, 6) is 0.532. The molecule has 1 aromatic carbocycles. The van der Waals surface area contributed by atoms with E-state index in [1.807, 2.05) is 33.0 Å². The van der Waals surface area contributed by atoms with Gasteiger partial charge in [-0.2, -0.15) is 0 Å². The molecule has 0 heterocycles. The average molecular weight is 214 g/mol. The van der Waals surface area contributed by atoms with Gasteiger partial charge in [0.2, 0.25) is 0 Å². The van der Waals surface area contributed by atoms with Crippen LogP contribution in [0.25, 0.3) is 0 Å². The van der Waals surface area contributed by atoms with Crippen LogP contribution in [0, 0.1) is 0 Å². The van der Waals surface area contributed by atoms with E-state index in [0.29, 0.717) is 5.92 Å².